The van der Waals surface area contributed by atoms with Gasteiger partial charge in [-0.05, 0) is 31.1 Å². The molecule has 0 spiro atoms. The van der Waals surface area contributed by atoms with E-state index in [-0.39, 0.29) is 5.43 Å². The summed E-state index contributed by atoms with van der Waals surface area (Å²) in [6, 6.07) is 13.8. The van der Waals surface area contributed by atoms with Gasteiger partial charge in [0.1, 0.15) is 11.6 Å². The van der Waals surface area contributed by atoms with Crippen LogP contribution in [0.5, 0.6) is 0 Å². The molecule has 2 aromatic heterocycles. The van der Waals surface area contributed by atoms with E-state index >= 15 is 0 Å². The minimum Gasteiger partial charge on any atom is -0.378 e. The monoisotopic (exact) mass is 400 g/mol. The highest BCUT2D eigenvalue weighted by molar-refractivity contribution is 5.85. The summed E-state index contributed by atoms with van der Waals surface area (Å²) < 4.78 is 7.58. The molecule has 5 rings (SSSR count). The summed E-state index contributed by atoms with van der Waals surface area (Å²) in [7, 11) is 0. The van der Waals surface area contributed by atoms with Gasteiger partial charge in [-0.2, -0.15) is 0 Å². The summed E-state index contributed by atoms with van der Waals surface area (Å²) >= 11 is 0. The highest BCUT2D eigenvalue weighted by Gasteiger charge is 2.17. The molecule has 1 fully saturated rings. The molecule has 0 saturated carbocycles. The number of para-hydroxylation sites is 1. The summed E-state index contributed by atoms with van der Waals surface area (Å²) in [4.78, 5) is 19.7. The van der Waals surface area contributed by atoms with Crippen molar-refractivity contribution in [3.63, 3.8) is 0 Å². The van der Waals surface area contributed by atoms with Crippen LogP contribution in [0, 0.1) is 0 Å². The Kier molecular flexibility index (Phi) is 5.07. The highest BCUT2D eigenvalue weighted by atomic mass is 16.5. The molecular weight excluding hydrogens is 376 g/mol. The van der Waals surface area contributed by atoms with Gasteiger partial charge in [-0.15, -0.1) is 0 Å². The van der Waals surface area contributed by atoms with E-state index in [1.807, 2.05) is 24.3 Å². The van der Waals surface area contributed by atoms with Gasteiger partial charge in [0.25, 0.3) is 0 Å². The third kappa shape index (κ3) is 3.62. The number of anilines is 2. The van der Waals surface area contributed by atoms with Gasteiger partial charge in [0.2, 0.25) is 0 Å². The number of aromatic nitrogens is 2. The maximum Gasteiger partial charge on any atom is 0.193 e. The number of nitrogens with one attached hydrogen (secondary N) is 1. The lowest BCUT2D eigenvalue weighted by Crippen LogP contribution is -2.36. The maximum atomic E-state index is 12.9. The number of ether oxygens (including phenoxy) is 1. The average molecular weight is 400 g/mol. The van der Waals surface area contributed by atoms with E-state index in [0.717, 1.165) is 54.5 Å². The van der Waals surface area contributed by atoms with Crippen LogP contribution in [-0.4, -0.2) is 35.9 Å². The molecule has 1 saturated heterocycles. The van der Waals surface area contributed by atoms with Crippen LogP contribution in [0.3, 0.4) is 0 Å². The molecule has 0 atom stereocenters. The van der Waals surface area contributed by atoms with Crippen molar-refractivity contribution in [1.82, 2.24) is 9.55 Å². The molecule has 0 unspecified atom stereocenters. The number of hydrogen-bond donors (Lipinski definition) is 1. The molecule has 3 heterocycles. The van der Waals surface area contributed by atoms with E-state index in [0.29, 0.717) is 18.6 Å². The molecule has 1 aliphatic heterocycles. The quantitative estimate of drug-likeness (QED) is 0.721. The molecule has 1 aliphatic carbocycles. The molecule has 0 radical (unpaired) electrons. The minimum atomic E-state index is -0.0407. The normalized spacial score (nSPS) is 16.5. The molecule has 30 heavy (non-hydrogen) atoms. The third-order valence-electron chi connectivity index (χ3n) is 5.50. The van der Waals surface area contributed by atoms with Crippen molar-refractivity contribution >= 4 is 22.5 Å². The predicted octanol–water partition coefficient (Wildman–Crippen LogP) is 3.87. The second kappa shape index (κ2) is 8.16. The Morgan fingerprint density at radius 1 is 1.03 bits per heavy atom. The first kappa shape index (κ1) is 18.6. The van der Waals surface area contributed by atoms with Crippen LogP contribution in [0.1, 0.15) is 12.8 Å². The molecule has 152 valence electrons. The summed E-state index contributed by atoms with van der Waals surface area (Å²) in [5.41, 5.74) is 2.80. The standard InChI is InChI=1S/C24H24N4O2/c29-22-16-24(26-18-7-3-1-4-8-18)28(19-9-5-2-6-10-19)21-15-23(25-17-20(21)22)27-11-13-30-14-12-27/h2-3,5-10,15-17,26H,1,4,11-14H2. The molecule has 6 heteroatoms. The van der Waals surface area contributed by atoms with Gasteiger partial charge in [0, 0.05) is 42.8 Å². The van der Waals surface area contributed by atoms with Crippen molar-refractivity contribution in [3.05, 3.63) is 82.8 Å². The van der Waals surface area contributed by atoms with Gasteiger partial charge in [0.15, 0.2) is 5.43 Å². The Hall–Kier alpha value is -3.38. The number of benzene rings is 1. The Bertz CT molecular complexity index is 1180. The lowest BCUT2D eigenvalue weighted by Gasteiger charge is -2.28. The van der Waals surface area contributed by atoms with Gasteiger partial charge >= 0.3 is 0 Å². The first-order valence-corrected chi connectivity index (χ1v) is 10.4. The smallest absolute Gasteiger partial charge is 0.193 e. The highest BCUT2D eigenvalue weighted by Crippen LogP contribution is 2.26. The summed E-state index contributed by atoms with van der Waals surface area (Å²) in [5, 5.41) is 4.07. The molecular formula is C24H24N4O2. The largest absolute Gasteiger partial charge is 0.378 e. The lowest BCUT2D eigenvalue weighted by atomic mass is 10.1. The van der Waals surface area contributed by atoms with Gasteiger partial charge in [-0.1, -0.05) is 30.4 Å². The van der Waals surface area contributed by atoms with Crippen molar-refractivity contribution in [2.75, 3.05) is 36.5 Å². The number of rotatable bonds is 4. The molecule has 0 amide bonds. The lowest BCUT2D eigenvalue weighted by molar-refractivity contribution is 0.122. The zero-order valence-corrected chi connectivity index (χ0v) is 16.8. The van der Waals surface area contributed by atoms with E-state index in [1.54, 1.807) is 12.3 Å². The Morgan fingerprint density at radius 3 is 2.63 bits per heavy atom. The van der Waals surface area contributed by atoms with Crippen LogP contribution in [0.4, 0.5) is 11.6 Å². The second-order valence-electron chi connectivity index (χ2n) is 7.49. The van der Waals surface area contributed by atoms with Crippen LogP contribution in [-0.2, 0) is 4.74 Å². The minimum absolute atomic E-state index is 0.0407. The van der Waals surface area contributed by atoms with Gasteiger partial charge < -0.3 is 15.0 Å². The van der Waals surface area contributed by atoms with E-state index < -0.39 is 0 Å². The Labute approximate surface area is 175 Å². The zero-order valence-electron chi connectivity index (χ0n) is 16.8. The fourth-order valence-corrected chi connectivity index (χ4v) is 3.97. The number of hydrogen-bond acceptors (Lipinski definition) is 5. The molecule has 1 aromatic carbocycles. The number of nitrogens with zero attached hydrogens (tertiary/aromatic N) is 3. The van der Waals surface area contributed by atoms with E-state index in [9.17, 15) is 4.79 Å². The van der Waals surface area contributed by atoms with Crippen molar-refractivity contribution < 1.29 is 4.74 Å². The molecule has 1 N–H and O–H groups in total. The summed E-state index contributed by atoms with van der Waals surface area (Å²) in [5.74, 6) is 1.61. The summed E-state index contributed by atoms with van der Waals surface area (Å²) in [6.07, 6.45) is 10.1. The van der Waals surface area contributed by atoms with Gasteiger partial charge in [-0.25, -0.2) is 4.98 Å². The van der Waals surface area contributed by atoms with Crippen LogP contribution in [0.2, 0.25) is 0 Å². The Morgan fingerprint density at radius 2 is 1.87 bits per heavy atom. The van der Waals surface area contributed by atoms with Gasteiger partial charge in [-0.3, -0.25) is 9.36 Å². The van der Waals surface area contributed by atoms with Crippen LogP contribution in [0.15, 0.2) is 77.4 Å². The number of allylic oxidation sites excluding steroid dienone is 3. The second-order valence-corrected chi connectivity index (χ2v) is 7.49. The van der Waals surface area contributed by atoms with Crippen LogP contribution in [0.25, 0.3) is 16.6 Å². The van der Waals surface area contributed by atoms with Crippen LogP contribution < -0.4 is 15.6 Å². The maximum absolute atomic E-state index is 12.9. The van der Waals surface area contributed by atoms with E-state index in [4.69, 9.17) is 4.74 Å². The van der Waals surface area contributed by atoms with Crippen molar-refractivity contribution in [2.24, 2.45) is 0 Å². The molecule has 3 aromatic rings. The topological polar surface area (TPSA) is 59.4 Å². The van der Waals surface area contributed by atoms with E-state index in [2.05, 4.69) is 50.1 Å². The van der Waals surface area contributed by atoms with E-state index in [1.165, 1.54) is 0 Å². The van der Waals surface area contributed by atoms with Crippen molar-refractivity contribution in [3.8, 4) is 5.69 Å². The fraction of sp³-hybridized carbons (Fsp3) is 0.250. The number of morpholine rings is 1. The van der Waals surface area contributed by atoms with Crippen LogP contribution >= 0.6 is 0 Å². The number of fused-ring (bicyclic) bond motifs is 1. The molecule has 0 bridgehead atoms. The molecule has 2 aliphatic rings. The van der Waals surface area contributed by atoms with Crippen molar-refractivity contribution in [1.29, 1.82) is 0 Å². The first-order valence-electron chi connectivity index (χ1n) is 10.4. The third-order valence-corrected chi connectivity index (χ3v) is 5.50. The van der Waals surface area contributed by atoms with Gasteiger partial charge in [0.05, 0.1) is 24.1 Å². The average Bonchev–Trinajstić information content (AvgIpc) is 2.81. The fourth-order valence-electron chi connectivity index (χ4n) is 3.97. The van der Waals surface area contributed by atoms with Crippen molar-refractivity contribution in [2.45, 2.75) is 12.8 Å². The summed E-state index contributed by atoms with van der Waals surface area (Å²) in [6.45, 7) is 2.97. The predicted molar refractivity (Wildman–Crippen MR) is 120 cm³/mol. The first-order chi connectivity index (χ1) is 14.8. The number of pyridine rings is 2. The Balaban J connectivity index is 1.70. The molecule has 6 nitrogen and oxygen atoms in total. The zero-order chi connectivity index (χ0) is 20.3. The SMILES string of the molecule is O=c1cc(NC2=CCCC=C2)n(-c2ccccc2)c2cc(N3CCOCC3)ncc12.